The molecule has 19 heavy (non-hydrogen) atoms. The van der Waals surface area contributed by atoms with Crippen molar-refractivity contribution in [1.29, 1.82) is 0 Å². The van der Waals surface area contributed by atoms with Crippen LogP contribution in [0.25, 0.3) is 0 Å². The topological polar surface area (TPSA) is 50.7 Å². The summed E-state index contributed by atoms with van der Waals surface area (Å²) in [7, 11) is 1.65. The summed E-state index contributed by atoms with van der Waals surface area (Å²) in [6.07, 6.45) is 0. The molecule has 2 aromatic rings. The second-order valence-electron chi connectivity index (χ2n) is 4.46. The fourth-order valence-corrected chi connectivity index (χ4v) is 2.23. The summed E-state index contributed by atoms with van der Waals surface area (Å²) in [6, 6.07) is 13.1. The first kappa shape index (κ1) is 11.7. The van der Waals surface area contributed by atoms with Crippen molar-refractivity contribution in [3.63, 3.8) is 0 Å². The molecule has 4 heteroatoms. The van der Waals surface area contributed by atoms with Crippen molar-refractivity contribution in [3.05, 3.63) is 48.0 Å². The molecule has 0 aromatic heterocycles. The second kappa shape index (κ2) is 4.72. The minimum atomic E-state index is 0.0858. The van der Waals surface area contributed by atoms with Crippen molar-refractivity contribution in [2.24, 2.45) is 0 Å². The highest BCUT2D eigenvalue weighted by Gasteiger charge is 2.24. The molecule has 0 saturated carbocycles. The summed E-state index contributed by atoms with van der Waals surface area (Å²) in [6.45, 7) is 0.552. The summed E-state index contributed by atoms with van der Waals surface area (Å²) in [4.78, 5) is 0. The third kappa shape index (κ3) is 2.29. The number of fused-ring (bicyclic) bond motifs is 1. The highest BCUT2D eigenvalue weighted by molar-refractivity contribution is 5.53. The summed E-state index contributed by atoms with van der Waals surface area (Å²) >= 11 is 0. The van der Waals surface area contributed by atoms with Gasteiger partial charge in [-0.15, -0.1) is 0 Å². The van der Waals surface area contributed by atoms with Gasteiger partial charge in [0.25, 0.3) is 0 Å². The lowest BCUT2D eigenvalue weighted by Crippen LogP contribution is -2.11. The van der Waals surface area contributed by atoms with Crippen LogP contribution in [0.15, 0.2) is 42.5 Å². The van der Waals surface area contributed by atoms with Crippen molar-refractivity contribution in [1.82, 2.24) is 0 Å². The predicted octanol–water partition coefficient (Wildman–Crippen LogP) is 2.95. The molecular formula is C15H15NO3. The van der Waals surface area contributed by atoms with E-state index < -0.39 is 0 Å². The van der Waals surface area contributed by atoms with Gasteiger partial charge in [-0.2, -0.15) is 0 Å². The van der Waals surface area contributed by atoms with E-state index >= 15 is 0 Å². The lowest BCUT2D eigenvalue weighted by atomic mass is 10.1. The van der Waals surface area contributed by atoms with Gasteiger partial charge in [-0.1, -0.05) is 6.07 Å². The van der Waals surface area contributed by atoms with Gasteiger partial charge in [0.2, 0.25) is 0 Å². The smallest absolute Gasteiger partial charge is 0.128 e. The summed E-state index contributed by atoms with van der Waals surface area (Å²) in [5, 5.41) is 12.8. The average molecular weight is 257 g/mol. The molecule has 1 heterocycles. The van der Waals surface area contributed by atoms with E-state index in [0.29, 0.717) is 6.61 Å². The van der Waals surface area contributed by atoms with Crippen LogP contribution in [0.1, 0.15) is 11.6 Å². The molecule has 3 rings (SSSR count). The molecule has 1 unspecified atom stereocenters. The number of methoxy groups -OCH3 is 1. The Kier molecular flexibility index (Phi) is 2.91. The number of nitrogens with one attached hydrogen (secondary N) is 1. The fraction of sp³-hybridized carbons (Fsp3) is 0.200. The lowest BCUT2D eigenvalue weighted by molar-refractivity contribution is 0.338. The Morgan fingerprint density at radius 1 is 1.26 bits per heavy atom. The SMILES string of the molecule is COc1cccc(NC2COc3cc(O)ccc32)c1. The normalized spacial score (nSPS) is 16.6. The molecule has 2 N–H and O–H groups in total. The van der Waals surface area contributed by atoms with Crippen molar-refractivity contribution >= 4 is 5.69 Å². The van der Waals surface area contributed by atoms with Crippen molar-refractivity contribution in [2.45, 2.75) is 6.04 Å². The summed E-state index contributed by atoms with van der Waals surface area (Å²) < 4.78 is 10.8. The maximum atomic E-state index is 9.42. The summed E-state index contributed by atoms with van der Waals surface area (Å²) in [5.74, 6) is 1.77. The number of hydrogen-bond acceptors (Lipinski definition) is 4. The lowest BCUT2D eigenvalue weighted by Gasteiger charge is -2.14. The van der Waals surface area contributed by atoms with Crippen molar-refractivity contribution in [3.8, 4) is 17.2 Å². The zero-order valence-corrected chi connectivity index (χ0v) is 10.6. The van der Waals surface area contributed by atoms with Crippen LogP contribution >= 0.6 is 0 Å². The minimum Gasteiger partial charge on any atom is -0.508 e. The number of ether oxygens (including phenoxy) is 2. The van der Waals surface area contributed by atoms with Gasteiger partial charge in [0, 0.05) is 23.4 Å². The third-order valence-corrected chi connectivity index (χ3v) is 3.19. The molecule has 0 radical (unpaired) electrons. The molecule has 4 nitrogen and oxygen atoms in total. The molecule has 0 aliphatic carbocycles. The van der Waals surface area contributed by atoms with Crippen LogP contribution in [0.4, 0.5) is 5.69 Å². The van der Waals surface area contributed by atoms with Crippen LogP contribution in [0.2, 0.25) is 0 Å². The van der Waals surface area contributed by atoms with Gasteiger partial charge >= 0.3 is 0 Å². The average Bonchev–Trinajstić information content (AvgIpc) is 2.81. The van der Waals surface area contributed by atoms with E-state index in [1.54, 1.807) is 19.2 Å². The quantitative estimate of drug-likeness (QED) is 0.887. The Hall–Kier alpha value is -2.36. The standard InChI is InChI=1S/C15H15NO3/c1-18-12-4-2-3-10(7-12)16-14-9-19-15-8-11(17)5-6-13(14)15/h2-8,14,16-17H,9H2,1H3. The minimum absolute atomic E-state index is 0.0858. The largest absolute Gasteiger partial charge is 0.508 e. The van der Waals surface area contributed by atoms with E-state index in [-0.39, 0.29) is 11.8 Å². The first-order valence-corrected chi connectivity index (χ1v) is 6.12. The van der Waals surface area contributed by atoms with Crippen molar-refractivity contribution < 1.29 is 14.6 Å². The third-order valence-electron chi connectivity index (χ3n) is 3.19. The van der Waals surface area contributed by atoms with Gasteiger partial charge in [-0.25, -0.2) is 0 Å². The number of phenols is 1. The molecule has 0 fully saturated rings. The Balaban J connectivity index is 1.82. The molecule has 0 amide bonds. The molecule has 2 aromatic carbocycles. The Morgan fingerprint density at radius 3 is 3.00 bits per heavy atom. The fourth-order valence-electron chi connectivity index (χ4n) is 2.23. The number of rotatable bonds is 3. The Labute approximate surface area is 111 Å². The van der Waals surface area contributed by atoms with Gasteiger partial charge in [0.05, 0.1) is 13.2 Å². The molecule has 0 saturated heterocycles. The van der Waals surface area contributed by atoms with E-state index in [4.69, 9.17) is 9.47 Å². The molecular weight excluding hydrogens is 242 g/mol. The zero-order valence-electron chi connectivity index (χ0n) is 10.6. The van der Waals surface area contributed by atoms with Crippen LogP contribution in [0, 0.1) is 0 Å². The second-order valence-corrected chi connectivity index (χ2v) is 4.46. The molecule has 1 atom stereocenters. The zero-order chi connectivity index (χ0) is 13.2. The van der Waals surface area contributed by atoms with E-state index in [9.17, 15) is 5.11 Å². The molecule has 0 spiro atoms. The number of anilines is 1. The van der Waals surface area contributed by atoms with Crippen molar-refractivity contribution in [2.75, 3.05) is 19.0 Å². The number of phenolic OH excluding ortho intramolecular Hbond substituents is 1. The van der Waals surface area contributed by atoms with Crippen LogP contribution in [-0.4, -0.2) is 18.8 Å². The summed E-state index contributed by atoms with van der Waals surface area (Å²) in [5.41, 5.74) is 2.04. The first-order valence-electron chi connectivity index (χ1n) is 6.12. The maximum absolute atomic E-state index is 9.42. The van der Waals surface area contributed by atoms with Gasteiger partial charge in [0.15, 0.2) is 0 Å². The van der Waals surface area contributed by atoms with E-state index in [1.165, 1.54) is 0 Å². The highest BCUT2D eigenvalue weighted by Crippen LogP contribution is 2.36. The Bertz CT molecular complexity index is 598. The maximum Gasteiger partial charge on any atom is 0.128 e. The molecule has 0 bridgehead atoms. The van der Waals surface area contributed by atoms with Gasteiger partial charge in [-0.3, -0.25) is 0 Å². The first-order chi connectivity index (χ1) is 9.26. The predicted molar refractivity (Wildman–Crippen MR) is 73.0 cm³/mol. The van der Waals surface area contributed by atoms with Crippen LogP contribution in [0.5, 0.6) is 17.2 Å². The van der Waals surface area contributed by atoms with Gasteiger partial charge < -0.3 is 19.9 Å². The van der Waals surface area contributed by atoms with Gasteiger partial charge in [-0.05, 0) is 24.3 Å². The van der Waals surface area contributed by atoms with Crippen LogP contribution in [-0.2, 0) is 0 Å². The van der Waals surface area contributed by atoms with E-state index in [0.717, 1.165) is 22.7 Å². The number of hydrogen-bond donors (Lipinski definition) is 2. The van der Waals surface area contributed by atoms with Gasteiger partial charge in [0.1, 0.15) is 23.9 Å². The molecule has 1 aliphatic heterocycles. The van der Waals surface area contributed by atoms with E-state index in [2.05, 4.69) is 5.32 Å². The highest BCUT2D eigenvalue weighted by atomic mass is 16.5. The van der Waals surface area contributed by atoms with E-state index in [1.807, 2.05) is 30.3 Å². The molecule has 98 valence electrons. The Morgan fingerprint density at radius 2 is 2.16 bits per heavy atom. The molecule has 1 aliphatic rings. The van der Waals surface area contributed by atoms with Crippen LogP contribution < -0.4 is 14.8 Å². The van der Waals surface area contributed by atoms with Crippen LogP contribution in [0.3, 0.4) is 0 Å². The monoisotopic (exact) mass is 257 g/mol. The number of aromatic hydroxyl groups is 1. The number of benzene rings is 2.